The lowest BCUT2D eigenvalue weighted by atomic mass is 9.78. The lowest BCUT2D eigenvalue weighted by Gasteiger charge is -2.39. The predicted molar refractivity (Wildman–Crippen MR) is 67.9 cm³/mol. The summed E-state index contributed by atoms with van der Waals surface area (Å²) >= 11 is 0. The van der Waals surface area contributed by atoms with Gasteiger partial charge >= 0.3 is 0 Å². The van der Waals surface area contributed by atoms with Crippen molar-refractivity contribution in [3.63, 3.8) is 0 Å². The number of morpholine rings is 1. The Kier molecular flexibility index (Phi) is 4.97. The van der Waals surface area contributed by atoms with Crippen molar-refractivity contribution in [3.05, 3.63) is 0 Å². The smallest absolute Gasteiger partial charge is 0.226 e. The molecule has 1 aliphatic heterocycles. The summed E-state index contributed by atoms with van der Waals surface area (Å²) in [6.07, 6.45) is 4.29. The highest BCUT2D eigenvalue weighted by Crippen LogP contribution is 2.31. The van der Waals surface area contributed by atoms with Crippen LogP contribution in [-0.4, -0.2) is 54.9 Å². The summed E-state index contributed by atoms with van der Waals surface area (Å²) in [5.74, 6) is 0.539. The molecule has 1 aliphatic carbocycles. The molecule has 0 aromatic carbocycles. The third kappa shape index (κ3) is 2.84. The van der Waals surface area contributed by atoms with Crippen molar-refractivity contribution in [2.75, 3.05) is 32.9 Å². The van der Waals surface area contributed by atoms with E-state index in [1.54, 1.807) is 0 Å². The lowest BCUT2D eigenvalue weighted by molar-refractivity contribution is -0.148. The molecule has 3 unspecified atom stereocenters. The number of aliphatic hydroxyl groups excluding tert-OH is 1. The van der Waals surface area contributed by atoms with Crippen LogP contribution in [0.25, 0.3) is 0 Å². The number of nitrogens with zero attached hydrogens (tertiary/aromatic N) is 1. The maximum absolute atomic E-state index is 12.6. The minimum Gasteiger partial charge on any atom is -0.394 e. The van der Waals surface area contributed by atoms with Gasteiger partial charge in [0.05, 0.1) is 25.9 Å². The fourth-order valence-corrected chi connectivity index (χ4v) is 3.12. The van der Waals surface area contributed by atoms with Crippen molar-refractivity contribution < 1.29 is 14.6 Å². The topological polar surface area (TPSA) is 75.8 Å². The molecule has 0 spiro atoms. The van der Waals surface area contributed by atoms with Gasteiger partial charge in [-0.25, -0.2) is 0 Å². The number of hydrogen-bond donors (Lipinski definition) is 2. The van der Waals surface area contributed by atoms with Crippen LogP contribution < -0.4 is 5.73 Å². The summed E-state index contributed by atoms with van der Waals surface area (Å²) in [7, 11) is 0. The molecule has 0 radical (unpaired) electrons. The lowest BCUT2D eigenvalue weighted by Crippen LogP contribution is -2.54. The molecular weight excluding hydrogens is 232 g/mol. The Morgan fingerprint density at radius 3 is 2.89 bits per heavy atom. The van der Waals surface area contributed by atoms with Crippen LogP contribution in [-0.2, 0) is 9.53 Å². The van der Waals surface area contributed by atoms with Gasteiger partial charge in [-0.3, -0.25) is 4.79 Å². The summed E-state index contributed by atoms with van der Waals surface area (Å²) < 4.78 is 5.32. The first-order valence-corrected chi connectivity index (χ1v) is 6.97. The van der Waals surface area contributed by atoms with Gasteiger partial charge in [0, 0.05) is 12.5 Å². The van der Waals surface area contributed by atoms with Gasteiger partial charge in [0.1, 0.15) is 0 Å². The van der Waals surface area contributed by atoms with Crippen LogP contribution >= 0.6 is 0 Å². The van der Waals surface area contributed by atoms with E-state index in [-0.39, 0.29) is 24.5 Å². The number of hydrogen-bond acceptors (Lipinski definition) is 4. The van der Waals surface area contributed by atoms with E-state index in [2.05, 4.69) is 0 Å². The largest absolute Gasteiger partial charge is 0.394 e. The standard InChI is InChI=1S/C13H24N2O3/c14-7-10-3-1-2-4-12(10)13(17)15-5-6-18-9-11(15)8-16/h10-12,16H,1-9,14H2. The maximum atomic E-state index is 12.6. The molecule has 5 nitrogen and oxygen atoms in total. The number of nitrogens with two attached hydrogens (primary N) is 1. The number of ether oxygens (including phenoxy) is 1. The van der Waals surface area contributed by atoms with Crippen molar-refractivity contribution in [1.82, 2.24) is 4.90 Å². The van der Waals surface area contributed by atoms with Crippen molar-refractivity contribution in [1.29, 1.82) is 0 Å². The van der Waals surface area contributed by atoms with Crippen LogP contribution in [0.1, 0.15) is 25.7 Å². The van der Waals surface area contributed by atoms with Crippen molar-refractivity contribution in [3.8, 4) is 0 Å². The fourth-order valence-electron chi connectivity index (χ4n) is 3.12. The first-order valence-electron chi connectivity index (χ1n) is 6.97. The van der Waals surface area contributed by atoms with E-state index in [1.165, 1.54) is 6.42 Å². The second-order valence-corrected chi connectivity index (χ2v) is 5.33. The van der Waals surface area contributed by atoms with Gasteiger partial charge in [0.25, 0.3) is 0 Å². The zero-order valence-corrected chi connectivity index (χ0v) is 10.9. The molecule has 1 amide bonds. The molecule has 1 saturated heterocycles. The molecule has 2 fully saturated rings. The zero-order chi connectivity index (χ0) is 13.0. The maximum Gasteiger partial charge on any atom is 0.226 e. The van der Waals surface area contributed by atoms with Crippen LogP contribution in [0.15, 0.2) is 0 Å². The number of amides is 1. The Morgan fingerprint density at radius 1 is 1.39 bits per heavy atom. The molecule has 18 heavy (non-hydrogen) atoms. The molecule has 1 heterocycles. The SMILES string of the molecule is NCC1CCCCC1C(=O)N1CCOCC1CO. The molecule has 0 bridgehead atoms. The molecular formula is C13H24N2O3. The van der Waals surface area contributed by atoms with E-state index < -0.39 is 0 Å². The highest BCUT2D eigenvalue weighted by Gasteiger charge is 2.36. The second kappa shape index (κ2) is 6.50. The second-order valence-electron chi connectivity index (χ2n) is 5.33. The summed E-state index contributed by atoms with van der Waals surface area (Å²) in [5, 5.41) is 9.33. The molecule has 2 rings (SSSR count). The normalized spacial score (nSPS) is 33.4. The average Bonchev–Trinajstić information content (AvgIpc) is 2.46. The van der Waals surface area contributed by atoms with Gasteiger partial charge in [-0.1, -0.05) is 12.8 Å². The van der Waals surface area contributed by atoms with E-state index in [9.17, 15) is 9.90 Å². The summed E-state index contributed by atoms with van der Waals surface area (Å²) in [6, 6.07) is -0.174. The summed E-state index contributed by atoms with van der Waals surface area (Å²) in [5.41, 5.74) is 5.78. The van der Waals surface area contributed by atoms with Crippen molar-refractivity contribution >= 4 is 5.91 Å². The molecule has 0 aromatic rings. The van der Waals surface area contributed by atoms with Crippen molar-refractivity contribution in [2.24, 2.45) is 17.6 Å². The Hall–Kier alpha value is -0.650. The number of carbonyl (C=O) groups is 1. The van der Waals surface area contributed by atoms with E-state index in [0.717, 1.165) is 19.3 Å². The molecule has 5 heteroatoms. The molecule has 3 N–H and O–H groups in total. The van der Waals surface area contributed by atoms with Gasteiger partial charge in [-0.2, -0.15) is 0 Å². The van der Waals surface area contributed by atoms with Gasteiger partial charge in [-0.15, -0.1) is 0 Å². The monoisotopic (exact) mass is 256 g/mol. The quantitative estimate of drug-likeness (QED) is 0.743. The van der Waals surface area contributed by atoms with Crippen LogP contribution in [0, 0.1) is 11.8 Å². The Morgan fingerprint density at radius 2 is 2.17 bits per heavy atom. The molecule has 3 atom stereocenters. The van der Waals surface area contributed by atoms with E-state index in [1.807, 2.05) is 4.90 Å². The average molecular weight is 256 g/mol. The zero-order valence-electron chi connectivity index (χ0n) is 10.9. The first kappa shape index (κ1) is 13.8. The molecule has 0 aromatic heterocycles. The number of carbonyl (C=O) groups excluding carboxylic acids is 1. The Bertz CT molecular complexity index is 259. The predicted octanol–water partition coefficient (Wildman–Crippen LogP) is -0.0288. The van der Waals surface area contributed by atoms with E-state index >= 15 is 0 Å². The van der Waals surface area contributed by atoms with Crippen molar-refractivity contribution in [2.45, 2.75) is 31.7 Å². The third-order valence-electron chi connectivity index (χ3n) is 4.25. The van der Waals surface area contributed by atoms with Crippen LogP contribution in [0.5, 0.6) is 0 Å². The van der Waals surface area contributed by atoms with E-state index in [0.29, 0.717) is 32.2 Å². The minimum atomic E-state index is -0.174. The third-order valence-corrected chi connectivity index (χ3v) is 4.25. The van der Waals surface area contributed by atoms with Crippen LogP contribution in [0.3, 0.4) is 0 Å². The summed E-state index contributed by atoms with van der Waals surface area (Å²) in [4.78, 5) is 14.4. The fraction of sp³-hybridized carbons (Fsp3) is 0.923. The minimum absolute atomic E-state index is 0.0221. The molecule has 104 valence electrons. The summed E-state index contributed by atoms with van der Waals surface area (Å²) in [6.45, 7) is 2.18. The highest BCUT2D eigenvalue weighted by molar-refractivity contribution is 5.79. The van der Waals surface area contributed by atoms with Gasteiger partial charge in [0.2, 0.25) is 5.91 Å². The molecule has 2 aliphatic rings. The van der Waals surface area contributed by atoms with Gasteiger partial charge in [0.15, 0.2) is 0 Å². The first-order chi connectivity index (χ1) is 8.77. The number of rotatable bonds is 3. The Balaban J connectivity index is 2.03. The van der Waals surface area contributed by atoms with Gasteiger partial charge in [-0.05, 0) is 25.3 Å². The van der Waals surface area contributed by atoms with E-state index in [4.69, 9.17) is 10.5 Å². The van der Waals surface area contributed by atoms with Crippen LogP contribution in [0.4, 0.5) is 0 Å². The van der Waals surface area contributed by atoms with Gasteiger partial charge < -0.3 is 20.5 Å². The Labute approximate surface area is 108 Å². The van der Waals surface area contributed by atoms with Crippen LogP contribution in [0.2, 0.25) is 0 Å². The molecule has 1 saturated carbocycles. The highest BCUT2D eigenvalue weighted by atomic mass is 16.5. The number of aliphatic hydroxyl groups is 1.